The van der Waals surface area contributed by atoms with Gasteiger partial charge in [0.25, 0.3) is 5.91 Å². The quantitative estimate of drug-likeness (QED) is 0.302. The number of rotatable bonds is 6. The molecular weight excluding hydrogens is 528 g/mol. The van der Waals surface area contributed by atoms with Crippen molar-refractivity contribution in [1.29, 1.82) is 0 Å². The number of hydrogen-bond acceptors (Lipinski definition) is 7. The highest BCUT2D eigenvalue weighted by molar-refractivity contribution is 6.07. The van der Waals surface area contributed by atoms with Crippen molar-refractivity contribution >= 4 is 11.6 Å². The molecule has 216 valence electrons. The van der Waals surface area contributed by atoms with Crippen LogP contribution in [0.1, 0.15) is 45.8 Å². The van der Waals surface area contributed by atoms with E-state index in [1.807, 2.05) is 35.2 Å². The molecule has 1 spiro atoms. The lowest BCUT2D eigenvalue weighted by Gasteiger charge is -2.38. The maximum Gasteiger partial charge on any atom is 0.258 e. The molecule has 3 aliphatic rings. The third-order valence-electron chi connectivity index (χ3n) is 9.26. The SMILES string of the molecule is COCCN1CCC2(CC1)COc1cc3c(cc12)N(C(=O)c1ccc(-c2ccc(-c4nnc(C)o4)cc2C)cc1)CC3. The first-order valence-corrected chi connectivity index (χ1v) is 14.8. The second-order valence-electron chi connectivity index (χ2n) is 11.8. The topological polar surface area (TPSA) is 80.9 Å². The van der Waals surface area contributed by atoms with Crippen molar-refractivity contribution in [3.63, 3.8) is 0 Å². The molecule has 0 aliphatic carbocycles. The van der Waals surface area contributed by atoms with Gasteiger partial charge in [-0.15, -0.1) is 10.2 Å². The van der Waals surface area contributed by atoms with E-state index in [0.29, 0.717) is 23.9 Å². The van der Waals surface area contributed by atoms with E-state index in [-0.39, 0.29) is 11.3 Å². The number of aryl methyl sites for hydroxylation is 2. The van der Waals surface area contributed by atoms with Crippen LogP contribution in [0.2, 0.25) is 0 Å². The normalized spacial score (nSPS) is 17.4. The van der Waals surface area contributed by atoms with Crippen LogP contribution in [-0.4, -0.2) is 67.5 Å². The molecule has 1 aromatic heterocycles. The van der Waals surface area contributed by atoms with Crippen LogP contribution < -0.4 is 9.64 Å². The molecule has 1 amide bonds. The van der Waals surface area contributed by atoms with Crippen LogP contribution in [0.5, 0.6) is 5.75 Å². The molecule has 3 aliphatic heterocycles. The minimum Gasteiger partial charge on any atom is -0.492 e. The van der Waals surface area contributed by atoms with Crippen molar-refractivity contribution in [3.8, 4) is 28.3 Å². The van der Waals surface area contributed by atoms with Crippen molar-refractivity contribution < 1.29 is 18.7 Å². The van der Waals surface area contributed by atoms with E-state index >= 15 is 0 Å². The second-order valence-corrected chi connectivity index (χ2v) is 11.8. The number of methoxy groups -OCH3 is 1. The Labute approximate surface area is 246 Å². The Balaban J connectivity index is 1.10. The highest BCUT2D eigenvalue weighted by Gasteiger charge is 2.44. The van der Waals surface area contributed by atoms with Gasteiger partial charge in [0.2, 0.25) is 11.8 Å². The third kappa shape index (κ3) is 4.68. The summed E-state index contributed by atoms with van der Waals surface area (Å²) in [6.45, 7) is 9.08. The molecule has 0 bridgehead atoms. The van der Waals surface area contributed by atoms with Crippen LogP contribution in [0.25, 0.3) is 22.6 Å². The number of carbonyl (C=O) groups is 1. The van der Waals surface area contributed by atoms with E-state index in [1.54, 1.807) is 14.0 Å². The number of likely N-dealkylation sites (tertiary alicyclic amines) is 1. The molecule has 8 heteroatoms. The Hall–Kier alpha value is -4.01. The first-order chi connectivity index (χ1) is 20.4. The summed E-state index contributed by atoms with van der Waals surface area (Å²) in [4.78, 5) is 18.2. The standard InChI is InChI=1S/C34H36N4O4/c1-22-18-27(32-36-35-23(2)42-32)8-9-28(22)24-4-6-25(7-5-24)33(39)38-13-10-26-19-31-29(20-30(26)38)34(21-41-31)11-14-37(15-12-34)16-17-40-3/h4-9,18-20H,10-17,21H2,1-3H3. The number of nitrogens with zero attached hydrogens (tertiary/aromatic N) is 4. The maximum absolute atomic E-state index is 13.8. The summed E-state index contributed by atoms with van der Waals surface area (Å²) in [7, 11) is 1.76. The van der Waals surface area contributed by atoms with Crippen molar-refractivity contribution in [3.05, 3.63) is 82.7 Å². The highest BCUT2D eigenvalue weighted by atomic mass is 16.5. The predicted octanol–water partition coefficient (Wildman–Crippen LogP) is 5.60. The van der Waals surface area contributed by atoms with Gasteiger partial charge in [0, 0.05) is 54.9 Å². The van der Waals surface area contributed by atoms with Gasteiger partial charge in [0.15, 0.2) is 0 Å². The summed E-state index contributed by atoms with van der Waals surface area (Å²) in [5, 5.41) is 8.06. The van der Waals surface area contributed by atoms with Crippen molar-refractivity contribution in [2.24, 2.45) is 0 Å². The number of aromatic nitrogens is 2. The molecule has 1 fully saturated rings. The number of ether oxygens (including phenoxy) is 2. The molecule has 8 nitrogen and oxygen atoms in total. The largest absolute Gasteiger partial charge is 0.492 e. The Morgan fingerprint density at radius 3 is 2.48 bits per heavy atom. The summed E-state index contributed by atoms with van der Waals surface area (Å²) in [6, 6.07) is 18.5. The van der Waals surface area contributed by atoms with E-state index < -0.39 is 0 Å². The molecule has 1 saturated heterocycles. The smallest absolute Gasteiger partial charge is 0.258 e. The van der Waals surface area contributed by atoms with Gasteiger partial charge < -0.3 is 23.7 Å². The number of benzene rings is 3. The summed E-state index contributed by atoms with van der Waals surface area (Å²) in [5.41, 5.74) is 8.40. The molecule has 0 saturated carbocycles. The Bertz CT molecular complexity index is 1640. The van der Waals surface area contributed by atoms with Crippen LogP contribution in [0, 0.1) is 13.8 Å². The average Bonchev–Trinajstić information content (AvgIpc) is 3.73. The molecule has 0 atom stereocenters. The third-order valence-corrected chi connectivity index (χ3v) is 9.26. The Morgan fingerprint density at radius 1 is 0.976 bits per heavy atom. The van der Waals surface area contributed by atoms with Crippen LogP contribution in [0.15, 0.2) is 59.0 Å². The minimum atomic E-state index is 0.0304. The zero-order chi connectivity index (χ0) is 28.8. The van der Waals surface area contributed by atoms with Crippen LogP contribution in [-0.2, 0) is 16.6 Å². The molecule has 3 aromatic carbocycles. The lowest BCUT2D eigenvalue weighted by Crippen LogP contribution is -2.44. The van der Waals surface area contributed by atoms with Crippen molar-refractivity contribution in [2.45, 2.75) is 38.5 Å². The first-order valence-electron chi connectivity index (χ1n) is 14.8. The number of anilines is 1. The monoisotopic (exact) mass is 564 g/mol. The summed E-state index contributed by atoms with van der Waals surface area (Å²) < 4.78 is 17.1. The molecule has 7 rings (SSSR count). The fourth-order valence-electron chi connectivity index (χ4n) is 6.77. The minimum absolute atomic E-state index is 0.0304. The van der Waals surface area contributed by atoms with Gasteiger partial charge in [0.05, 0.1) is 13.2 Å². The van der Waals surface area contributed by atoms with Gasteiger partial charge in [-0.1, -0.05) is 18.2 Å². The second kappa shape index (κ2) is 10.7. The summed E-state index contributed by atoms with van der Waals surface area (Å²) in [6.07, 6.45) is 2.97. The van der Waals surface area contributed by atoms with E-state index in [4.69, 9.17) is 13.9 Å². The fraction of sp³-hybridized carbons (Fsp3) is 0.382. The average molecular weight is 565 g/mol. The van der Waals surface area contributed by atoms with Gasteiger partial charge >= 0.3 is 0 Å². The van der Waals surface area contributed by atoms with E-state index in [9.17, 15) is 4.79 Å². The summed E-state index contributed by atoms with van der Waals surface area (Å²) in [5.74, 6) is 2.11. The molecule has 42 heavy (non-hydrogen) atoms. The first kappa shape index (κ1) is 26.9. The zero-order valence-electron chi connectivity index (χ0n) is 24.5. The van der Waals surface area contributed by atoms with E-state index in [1.165, 1.54) is 11.1 Å². The van der Waals surface area contributed by atoms with Crippen LogP contribution >= 0.6 is 0 Å². The maximum atomic E-state index is 13.8. The molecule has 4 heterocycles. The van der Waals surface area contributed by atoms with Crippen molar-refractivity contribution in [2.75, 3.05) is 51.4 Å². The molecule has 0 N–H and O–H groups in total. The van der Waals surface area contributed by atoms with Crippen LogP contribution in [0.4, 0.5) is 5.69 Å². The predicted molar refractivity (Wildman–Crippen MR) is 161 cm³/mol. The van der Waals surface area contributed by atoms with Crippen LogP contribution in [0.3, 0.4) is 0 Å². The molecular formula is C34H36N4O4. The van der Waals surface area contributed by atoms with Gasteiger partial charge in [-0.2, -0.15) is 0 Å². The van der Waals surface area contributed by atoms with E-state index in [0.717, 1.165) is 85.8 Å². The van der Waals surface area contributed by atoms with Gasteiger partial charge in [-0.05, 0) is 97.9 Å². The van der Waals surface area contributed by atoms with E-state index in [2.05, 4.69) is 46.3 Å². The van der Waals surface area contributed by atoms with Gasteiger partial charge in [-0.25, -0.2) is 0 Å². The number of amides is 1. The molecule has 0 radical (unpaired) electrons. The lowest BCUT2D eigenvalue weighted by molar-refractivity contribution is 0.0988. The zero-order valence-corrected chi connectivity index (χ0v) is 24.5. The van der Waals surface area contributed by atoms with Crippen molar-refractivity contribution in [1.82, 2.24) is 15.1 Å². The van der Waals surface area contributed by atoms with Gasteiger partial charge in [-0.3, -0.25) is 4.79 Å². The number of fused-ring (bicyclic) bond motifs is 3. The number of piperidine rings is 1. The molecule has 0 unspecified atom stereocenters. The Kier molecular flexibility index (Phi) is 6.83. The molecule has 4 aromatic rings. The van der Waals surface area contributed by atoms with Gasteiger partial charge in [0.1, 0.15) is 5.75 Å². The number of carbonyl (C=O) groups excluding carboxylic acids is 1. The Morgan fingerprint density at radius 2 is 1.76 bits per heavy atom. The highest BCUT2D eigenvalue weighted by Crippen LogP contribution is 2.49. The lowest BCUT2D eigenvalue weighted by atomic mass is 9.74. The summed E-state index contributed by atoms with van der Waals surface area (Å²) >= 11 is 0. The number of hydrogen-bond donors (Lipinski definition) is 0. The fourth-order valence-corrected chi connectivity index (χ4v) is 6.77.